The summed E-state index contributed by atoms with van der Waals surface area (Å²) < 4.78 is 5.29. The van der Waals surface area contributed by atoms with Gasteiger partial charge >= 0.3 is 6.09 Å². The molecule has 3 rings (SSSR count). The summed E-state index contributed by atoms with van der Waals surface area (Å²) in [5.74, 6) is -0.215. The van der Waals surface area contributed by atoms with E-state index in [9.17, 15) is 9.59 Å². The van der Waals surface area contributed by atoms with Crippen molar-refractivity contribution in [2.45, 2.75) is 6.10 Å². The van der Waals surface area contributed by atoms with Gasteiger partial charge in [0, 0.05) is 11.8 Å². The van der Waals surface area contributed by atoms with Crippen LogP contribution in [0.1, 0.15) is 5.56 Å². The monoisotopic (exact) mass is 322 g/mol. The van der Waals surface area contributed by atoms with E-state index in [0.717, 1.165) is 11.3 Å². The normalized spacial score (nSPS) is 17.1. The number of nitrogens with zero attached hydrogens (tertiary/aromatic N) is 1. The molecule has 2 amide bonds. The fraction of sp³-hybridized carbons (Fsp3) is 0.158. The van der Waals surface area contributed by atoms with Crippen LogP contribution in [0.3, 0.4) is 0 Å². The van der Waals surface area contributed by atoms with Gasteiger partial charge in [0.1, 0.15) is 6.10 Å². The van der Waals surface area contributed by atoms with Gasteiger partial charge in [0.2, 0.25) is 5.91 Å². The number of carbonyl (C=O) groups is 2. The summed E-state index contributed by atoms with van der Waals surface area (Å²) in [4.78, 5) is 25.3. The van der Waals surface area contributed by atoms with Crippen LogP contribution < -0.4 is 10.2 Å². The molecular formula is C19H18N2O3. The van der Waals surface area contributed by atoms with Crippen molar-refractivity contribution >= 4 is 23.8 Å². The topological polar surface area (TPSA) is 58.6 Å². The number of hydrogen-bond donors (Lipinski definition) is 1. The Bertz CT molecular complexity index is 729. The molecule has 0 radical (unpaired) electrons. The van der Waals surface area contributed by atoms with Gasteiger partial charge in [-0.1, -0.05) is 48.5 Å². The molecule has 1 aliphatic heterocycles. The van der Waals surface area contributed by atoms with Gasteiger partial charge in [-0.05, 0) is 23.8 Å². The lowest BCUT2D eigenvalue weighted by molar-refractivity contribution is -0.116. The fourth-order valence-corrected chi connectivity index (χ4v) is 2.46. The average Bonchev–Trinajstić information content (AvgIpc) is 3.00. The maximum Gasteiger partial charge on any atom is 0.414 e. The smallest absolute Gasteiger partial charge is 0.414 e. The largest absolute Gasteiger partial charge is 0.442 e. The third kappa shape index (κ3) is 4.01. The molecule has 2 aromatic carbocycles. The quantitative estimate of drug-likeness (QED) is 0.861. The molecule has 0 bridgehead atoms. The van der Waals surface area contributed by atoms with Gasteiger partial charge < -0.3 is 10.1 Å². The summed E-state index contributed by atoms with van der Waals surface area (Å²) in [5, 5.41) is 2.76. The van der Waals surface area contributed by atoms with Gasteiger partial charge in [0.25, 0.3) is 0 Å². The van der Waals surface area contributed by atoms with Crippen LogP contribution in [0.2, 0.25) is 0 Å². The van der Waals surface area contributed by atoms with Crippen LogP contribution in [0.5, 0.6) is 0 Å². The van der Waals surface area contributed by atoms with E-state index in [2.05, 4.69) is 5.32 Å². The molecule has 122 valence electrons. The molecule has 5 heteroatoms. The molecule has 1 heterocycles. The second kappa shape index (κ2) is 7.46. The van der Waals surface area contributed by atoms with Gasteiger partial charge in [-0.25, -0.2) is 4.79 Å². The zero-order chi connectivity index (χ0) is 16.8. The molecule has 0 aromatic heterocycles. The van der Waals surface area contributed by atoms with E-state index in [1.807, 2.05) is 60.7 Å². The van der Waals surface area contributed by atoms with Crippen LogP contribution in [0.25, 0.3) is 6.08 Å². The Hall–Kier alpha value is -3.08. The Morgan fingerprint density at radius 1 is 1.12 bits per heavy atom. The number of cyclic esters (lactones) is 1. The molecule has 0 unspecified atom stereocenters. The summed E-state index contributed by atoms with van der Waals surface area (Å²) in [7, 11) is 0. The van der Waals surface area contributed by atoms with E-state index in [1.54, 1.807) is 11.0 Å². The molecule has 1 fully saturated rings. The third-order valence-corrected chi connectivity index (χ3v) is 3.67. The Balaban J connectivity index is 1.50. The van der Waals surface area contributed by atoms with Crippen LogP contribution in [0.4, 0.5) is 10.5 Å². The molecule has 1 atom stereocenters. The highest BCUT2D eigenvalue weighted by Crippen LogP contribution is 2.20. The minimum atomic E-state index is -0.389. The third-order valence-electron chi connectivity index (χ3n) is 3.67. The Labute approximate surface area is 140 Å². The Morgan fingerprint density at radius 2 is 1.79 bits per heavy atom. The van der Waals surface area contributed by atoms with Gasteiger partial charge in [-0.2, -0.15) is 0 Å². The summed E-state index contributed by atoms with van der Waals surface area (Å²) >= 11 is 0. The molecule has 0 spiro atoms. The van der Waals surface area contributed by atoms with E-state index < -0.39 is 0 Å². The van der Waals surface area contributed by atoms with E-state index in [0.29, 0.717) is 6.54 Å². The van der Waals surface area contributed by atoms with Crippen molar-refractivity contribution in [1.82, 2.24) is 5.32 Å². The number of hydrogen-bond acceptors (Lipinski definition) is 3. The van der Waals surface area contributed by atoms with Crippen LogP contribution >= 0.6 is 0 Å². The van der Waals surface area contributed by atoms with Gasteiger partial charge in [-0.3, -0.25) is 9.69 Å². The number of rotatable bonds is 5. The van der Waals surface area contributed by atoms with E-state index >= 15 is 0 Å². The molecule has 0 aliphatic carbocycles. The first-order valence-electron chi connectivity index (χ1n) is 7.76. The Kier molecular flexibility index (Phi) is 4.91. The highest BCUT2D eigenvalue weighted by Gasteiger charge is 2.32. The molecule has 1 aliphatic rings. The molecule has 5 nitrogen and oxygen atoms in total. The molecular weight excluding hydrogens is 304 g/mol. The van der Waals surface area contributed by atoms with Crippen molar-refractivity contribution in [3.05, 3.63) is 72.3 Å². The lowest BCUT2D eigenvalue weighted by Gasteiger charge is -2.12. The lowest BCUT2D eigenvalue weighted by Crippen LogP contribution is -2.33. The first-order chi connectivity index (χ1) is 11.7. The molecule has 24 heavy (non-hydrogen) atoms. The van der Waals surface area contributed by atoms with Crippen molar-refractivity contribution in [2.24, 2.45) is 0 Å². The molecule has 1 N–H and O–H groups in total. The zero-order valence-corrected chi connectivity index (χ0v) is 13.1. The summed E-state index contributed by atoms with van der Waals surface area (Å²) in [6.45, 7) is 0.707. The number of amides is 2. The first kappa shape index (κ1) is 15.8. The number of anilines is 1. The van der Waals surface area contributed by atoms with Crippen LogP contribution in [0, 0.1) is 0 Å². The van der Waals surface area contributed by atoms with Crippen molar-refractivity contribution < 1.29 is 14.3 Å². The van der Waals surface area contributed by atoms with Gasteiger partial charge in [0.15, 0.2) is 0 Å². The van der Waals surface area contributed by atoms with E-state index in [1.165, 1.54) is 6.08 Å². The Morgan fingerprint density at radius 3 is 2.50 bits per heavy atom. The SMILES string of the molecule is O=C(/C=C\c1ccccc1)NC[C@@H]1CN(c2ccccc2)C(=O)O1. The van der Waals surface area contributed by atoms with Gasteiger partial charge in [-0.15, -0.1) is 0 Å². The zero-order valence-electron chi connectivity index (χ0n) is 13.1. The predicted octanol–water partition coefficient (Wildman–Crippen LogP) is 2.84. The molecule has 0 saturated carbocycles. The minimum Gasteiger partial charge on any atom is -0.442 e. The van der Waals surface area contributed by atoms with E-state index in [-0.39, 0.29) is 24.6 Å². The minimum absolute atomic E-state index is 0.215. The van der Waals surface area contributed by atoms with Crippen molar-refractivity contribution in [3.8, 4) is 0 Å². The summed E-state index contributed by atoms with van der Waals surface area (Å²) in [5.41, 5.74) is 1.75. The molecule has 1 saturated heterocycles. The fourth-order valence-electron chi connectivity index (χ4n) is 2.46. The van der Waals surface area contributed by atoms with Crippen LogP contribution in [-0.4, -0.2) is 31.2 Å². The maximum absolute atomic E-state index is 11.9. The number of benzene rings is 2. The number of para-hydroxylation sites is 1. The number of nitrogens with one attached hydrogen (secondary N) is 1. The summed E-state index contributed by atoms with van der Waals surface area (Å²) in [6, 6.07) is 18.9. The van der Waals surface area contributed by atoms with Crippen LogP contribution in [0.15, 0.2) is 66.7 Å². The maximum atomic E-state index is 11.9. The second-order valence-electron chi connectivity index (χ2n) is 5.44. The second-order valence-corrected chi connectivity index (χ2v) is 5.44. The molecule has 2 aromatic rings. The highest BCUT2D eigenvalue weighted by atomic mass is 16.6. The van der Waals surface area contributed by atoms with E-state index in [4.69, 9.17) is 4.74 Å². The van der Waals surface area contributed by atoms with Crippen LogP contribution in [-0.2, 0) is 9.53 Å². The predicted molar refractivity (Wildman–Crippen MR) is 92.5 cm³/mol. The average molecular weight is 322 g/mol. The van der Waals surface area contributed by atoms with Crippen molar-refractivity contribution in [2.75, 3.05) is 18.0 Å². The number of carbonyl (C=O) groups excluding carboxylic acids is 2. The lowest BCUT2D eigenvalue weighted by atomic mass is 10.2. The standard InChI is InChI=1S/C19H18N2O3/c22-18(12-11-15-7-3-1-4-8-15)20-13-17-14-21(19(23)24-17)16-9-5-2-6-10-16/h1-12,17H,13-14H2,(H,20,22)/b12-11-/t17-/m1/s1. The number of ether oxygens (including phenoxy) is 1. The first-order valence-corrected chi connectivity index (χ1v) is 7.76. The summed E-state index contributed by atoms with van der Waals surface area (Å²) in [6.07, 6.45) is 2.47. The van der Waals surface area contributed by atoms with Crippen molar-refractivity contribution in [3.63, 3.8) is 0 Å². The van der Waals surface area contributed by atoms with Crippen molar-refractivity contribution in [1.29, 1.82) is 0 Å². The van der Waals surface area contributed by atoms with Gasteiger partial charge in [0.05, 0.1) is 13.1 Å². The highest BCUT2D eigenvalue weighted by molar-refractivity contribution is 5.92.